The molecule has 0 aliphatic heterocycles. The van der Waals surface area contributed by atoms with Crippen molar-refractivity contribution in [3.05, 3.63) is 28.8 Å². The summed E-state index contributed by atoms with van der Waals surface area (Å²) in [5, 5.41) is 17.9. The van der Waals surface area contributed by atoms with Crippen molar-refractivity contribution in [1.29, 1.82) is 0 Å². The van der Waals surface area contributed by atoms with Crippen LogP contribution < -0.4 is 0 Å². The van der Waals surface area contributed by atoms with Crippen molar-refractivity contribution >= 4 is 27.6 Å². The largest absolute Gasteiger partial charge is 0.478 e. The fraction of sp³-hybridized carbons (Fsp3) is 0.462. The van der Waals surface area contributed by atoms with E-state index in [2.05, 4.69) is 0 Å². The summed E-state index contributed by atoms with van der Waals surface area (Å²) in [6, 6.07) is 3.26. The zero-order valence-corrected chi connectivity index (χ0v) is 13.4. The maximum absolute atomic E-state index is 12.6. The molecule has 8 heteroatoms. The lowest BCUT2D eigenvalue weighted by atomic mass is 10.2. The van der Waals surface area contributed by atoms with Crippen molar-refractivity contribution in [2.24, 2.45) is 0 Å². The number of hydrogen-bond donors (Lipinski definition) is 2. The number of nitrogens with zero attached hydrogens (tertiary/aromatic N) is 1. The van der Waals surface area contributed by atoms with Gasteiger partial charge in [0.15, 0.2) is 0 Å². The third-order valence-corrected chi connectivity index (χ3v) is 5.29. The van der Waals surface area contributed by atoms with E-state index in [9.17, 15) is 13.2 Å². The number of benzene rings is 1. The molecule has 1 rings (SSSR count). The molecule has 0 aromatic heterocycles. The number of carboxylic acids is 1. The molecular weight excluding hydrogens is 318 g/mol. The van der Waals surface area contributed by atoms with Crippen molar-refractivity contribution in [2.45, 2.75) is 31.2 Å². The molecule has 1 aromatic rings. The molecular formula is C13H18ClNO5S. The molecule has 0 spiro atoms. The van der Waals surface area contributed by atoms with Gasteiger partial charge in [0.2, 0.25) is 10.0 Å². The van der Waals surface area contributed by atoms with Crippen LogP contribution in [0.1, 0.15) is 30.6 Å². The number of hydrogen-bond acceptors (Lipinski definition) is 4. The quantitative estimate of drug-likeness (QED) is 0.792. The van der Waals surface area contributed by atoms with Crippen molar-refractivity contribution in [3.63, 3.8) is 0 Å². The maximum atomic E-state index is 12.6. The number of aliphatic hydroxyl groups excluding tert-OH is 1. The van der Waals surface area contributed by atoms with Gasteiger partial charge in [0.25, 0.3) is 0 Å². The molecule has 0 radical (unpaired) electrons. The first-order valence-corrected chi connectivity index (χ1v) is 8.19. The maximum Gasteiger partial charge on any atom is 0.337 e. The molecule has 0 atom stereocenters. The summed E-state index contributed by atoms with van der Waals surface area (Å²) in [7, 11) is -3.85. The number of rotatable bonds is 7. The minimum Gasteiger partial charge on any atom is -0.478 e. The topological polar surface area (TPSA) is 94.9 Å². The number of aromatic carboxylic acids is 1. The first-order valence-electron chi connectivity index (χ1n) is 6.37. The fourth-order valence-corrected chi connectivity index (χ4v) is 3.75. The van der Waals surface area contributed by atoms with Gasteiger partial charge >= 0.3 is 5.97 Å². The first-order chi connectivity index (χ1) is 9.71. The minimum atomic E-state index is -3.85. The molecule has 21 heavy (non-hydrogen) atoms. The first kappa shape index (κ1) is 17.9. The van der Waals surface area contributed by atoms with Gasteiger partial charge in [0.1, 0.15) is 0 Å². The fourth-order valence-electron chi connectivity index (χ4n) is 1.85. The average molecular weight is 336 g/mol. The van der Waals surface area contributed by atoms with Gasteiger partial charge in [-0.15, -0.1) is 0 Å². The van der Waals surface area contributed by atoms with Gasteiger partial charge in [-0.05, 0) is 38.5 Å². The third-order valence-electron chi connectivity index (χ3n) is 2.89. The Balaban J connectivity index is 3.28. The summed E-state index contributed by atoms with van der Waals surface area (Å²) in [5.41, 5.74) is -0.261. The minimum absolute atomic E-state index is 0.0205. The van der Waals surface area contributed by atoms with E-state index in [4.69, 9.17) is 21.8 Å². The van der Waals surface area contributed by atoms with Crippen LogP contribution >= 0.6 is 11.6 Å². The Labute approximate surface area is 129 Å². The van der Waals surface area contributed by atoms with Crippen LogP contribution in [0.4, 0.5) is 0 Å². The summed E-state index contributed by atoms with van der Waals surface area (Å²) in [4.78, 5) is 10.9. The molecule has 0 saturated heterocycles. The predicted octanol–water partition coefficient (Wildman–Crippen LogP) is 1.82. The lowest BCUT2D eigenvalue weighted by Gasteiger charge is -2.25. The van der Waals surface area contributed by atoms with E-state index in [1.807, 2.05) is 0 Å². The van der Waals surface area contributed by atoms with Crippen LogP contribution in [0.25, 0.3) is 0 Å². The van der Waals surface area contributed by atoms with Crippen molar-refractivity contribution in [3.8, 4) is 0 Å². The van der Waals surface area contributed by atoms with Gasteiger partial charge in [-0.25, -0.2) is 13.2 Å². The Morgan fingerprint density at radius 1 is 1.38 bits per heavy atom. The van der Waals surface area contributed by atoms with E-state index in [0.717, 1.165) is 6.07 Å². The molecule has 0 aliphatic rings. The Morgan fingerprint density at radius 2 is 2.00 bits per heavy atom. The van der Waals surface area contributed by atoms with Gasteiger partial charge in [0.05, 0.1) is 15.5 Å². The van der Waals surface area contributed by atoms with Crippen molar-refractivity contribution < 1.29 is 23.4 Å². The molecule has 0 unspecified atom stereocenters. The Bertz CT molecular complexity index is 615. The smallest absolute Gasteiger partial charge is 0.337 e. The van der Waals surface area contributed by atoms with Crippen LogP contribution in [0, 0.1) is 0 Å². The Morgan fingerprint density at radius 3 is 2.48 bits per heavy atom. The lowest BCUT2D eigenvalue weighted by molar-refractivity contribution is 0.0697. The van der Waals surface area contributed by atoms with Crippen LogP contribution in [-0.2, 0) is 10.0 Å². The van der Waals surface area contributed by atoms with Crippen LogP contribution in [0.5, 0.6) is 0 Å². The summed E-state index contributed by atoms with van der Waals surface area (Å²) in [5.74, 6) is -1.29. The highest BCUT2D eigenvalue weighted by Crippen LogP contribution is 2.24. The number of halogens is 1. The van der Waals surface area contributed by atoms with Gasteiger partial charge in [-0.3, -0.25) is 0 Å². The standard InChI is InChI=1S/C13H18ClNO5S/c1-9(2)15(6-3-7-16)21(19,20)10-4-5-12(14)11(8-10)13(17)18/h4-5,8-9,16H,3,6-7H2,1-2H3,(H,17,18). The van der Waals surface area contributed by atoms with Crippen LogP contribution in [0.3, 0.4) is 0 Å². The van der Waals surface area contributed by atoms with Crippen LogP contribution in [0.2, 0.25) is 5.02 Å². The Kier molecular flexibility index (Phi) is 6.15. The third kappa shape index (κ3) is 4.16. The van der Waals surface area contributed by atoms with E-state index < -0.39 is 16.0 Å². The van der Waals surface area contributed by atoms with Crippen molar-refractivity contribution in [2.75, 3.05) is 13.2 Å². The highest BCUT2D eigenvalue weighted by molar-refractivity contribution is 7.89. The number of aliphatic hydroxyl groups is 1. The second-order valence-electron chi connectivity index (χ2n) is 4.73. The average Bonchev–Trinajstić information content (AvgIpc) is 2.38. The second-order valence-corrected chi connectivity index (χ2v) is 7.03. The summed E-state index contributed by atoms with van der Waals surface area (Å²) in [6.45, 7) is 3.45. The highest BCUT2D eigenvalue weighted by atomic mass is 35.5. The molecule has 0 aliphatic carbocycles. The lowest BCUT2D eigenvalue weighted by Crippen LogP contribution is -2.38. The highest BCUT2D eigenvalue weighted by Gasteiger charge is 2.27. The summed E-state index contributed by atoms with van der Waals surface area (Å²) >= 11 is 5.74. The van der Waals surface area contributed by atoms with E-state index in [1.54, 1.807) is 13.8 Å². The van der Waals surface area contributed by atoms with E-state index in [-0.39, 0.29) is 34.7 Å². The number of carbonyl (C=O) groups is 1. The summed E-state index contributed by atoms with van der Waals surface area (Å²) in [6.07, 6.45) is 0.302. The molecule has 2 N–H and O–H groups in total. The molecule has 0 saturated carbocycles. The van der Waals surface area contributed by atoms with Gasteiger partial charge in [0, 0.05) is 19.2 Å². The summed E-state index contributed by atoms with van der Waals surface area (Å²) < 4.78 is 26.4. The zero-order valence-electron chi connectivity index (χ0n) is 11.8. The van der Waals surface area contributed by atoms with E-state index >= 15 is 0 Å². The van der Waals surface area contributed by atoms with Gasteiger partial charge in [-0.1, -0.05) is 11.6 Å². The van der Waals surface area contributed by atoms with Crippen LogP contribution in [-0.4, -0.2) is 48.1 Å². The molecule has 0 amide bonds. The normalized spacial score (nSPS) is 12.1. The van der Waals surface area contributed by atoms with Crippen molar-refractivity contribution in [1.82, 2.24) is 4.31 Å². The molecule has 1 aromatic carbocycles. The van der Waals surface area contributed by atoms with Crippen LogP contribution in [0.15, 0.2) is 23.1 Å². The number of sulfonamides is 1. The molecule has 118 valence electrons. The molecule has 6 nitrogen and oxygen atoms in total. The predicted molar refractivity (Wildman–Crippen MR) is 79.1 cm³/mol. The monoisotopic (exact) mass is 335 g/mol. The van der Waals surface area contributed by atoms with E-state index in [1.165, 1.54) is 16.4 Å². The Hall–Kier alpha value is -1.15. The van der Waals surface area contributed by atoms with Gasteiger partial charge < -0.3 is 10.2 Å². The SMILES string of the molecule is CC(C)N(CCCO)S(=O)(=O)c1ccc(Cl)c(C(=O)O)c1. The van der Waals surface area contributed by atoms with Gasteiger partial charge in [-0.2, -0.15) is 4.31 Å². The second kappa shape index (κ2) is 7.22. The number of carboxylic acid groups (broad SMARTS) is 1. The van der Waals surface area contributed by atoms with E-state index in [0.29, 0.717) is 6.42 Å². The molecule has 0 fully saturated rings. The zero-order chi connectivity index (χ0) is 16.2. The molecule has 0 bridgehead atoms. The molecule has 0 heterocycles.